The van der Waals surface area contributed by atoms with Crippen molar-refractivity contribution in [2.45, 2.75) is 13.3 Å². The van der Waals surface area contributed by atoms with Crippen molar-refractivity contribution in [2.75, 3.05) is 18.1 Å². The Morgan fingerprint density at radius 2 is 1.78 bits per heavy atom. The summed E-state index contributed by atoms with van der Waals surface area (Å²) in [5.41, 5.74) is 7.27. The number of aromatic hydroxyl groups is 1. The van der Waals surface area contributed by atoms with E-state index in [0.29, 0.717) is 29.0 Å². The van der Waals surface area contributed by atoms with Gasteiger partial charge in [0.1, 0.15) is 17.3 Å². The van der Waals surface area contributed by atoms with Crippen LogP contribution < -0.4 is 21.9 Å². The number of pyridine rings is 1. The van der Waals surface area contributed by atoms with Crippen molar-refractivity contribution in [1.29, 1.82) is 0 Å². The van der Waals surface area contributed by atoms with E-state index in [-0.39, 0.29) is 39.8 Å². The van der Waals surface area contributed by atoms with Crippen molar-refractivity contribution in [3.63, 3.8) is 0 Å². The summed E-state index contributed by atoms with van der Waals surface area (Å²) in [5.74, 6) is -0.767. The number of nitrogens with zero attached hydrogens (tertiary/aromatic N) is 4. The fourth-order valence-corrected chi connectivity index (χ4v) is 4.34. The zero-order chi connectivity index (χ0) is 26.1. The molecule has 0 saturated heterocycles. The van der Waals surface area contributed by atoms with Gasteiger partial charge >= 0.3 is 5.69 Å². The SMILES string of the molecule is CCCN(CN)c1cc(-c2cc(F)cc(-c3ccc(-n4c#cn(C)c4=O)c(Cl)c3)c2O)cn(C)c1=O. The Labute approximate surface area is 212 Å². The van der Waals surface area contributed by atoms with E-state index in [1.54, 1.807) is 37.2 Å². The lowest BCUT2D eigenvalue weighted by atomic mass is 9.97. The average Bonchev–Trinajstić information content (AvgIpc) is 3.18. The molecule has 2 aromatic heterocycles. The first-order valence-electron chi connectivity index (χ1n) is 11.2. The number of phenolic OH excluding ortho intramolecular Hbond substituents is 1. The van der Waals surface area contributed by atoms with Crippen LogP contribution in [0, 0.1) is 18.2 Å². The molecule has 36 heavy (non-hydrogen) atoms. The second-order valence-corrected chi connectivity index (χ2v) is 8.80. The second-order valence-electron chi connectivity index (χ2n) is 8.39. The van der Waals surface area contributed by atoms with Crippen molar-refractivity contribution in [3.8, 4) is 33.7 Å². The van der Waals surface area contributed by atoms with Crippen molar-refractivity contribution in [3.05, 3.63) is 86.7 Å². The highest BCUT2D eigenvalue weighted by molar-refractivity contribution is 6.32. The van der Waals surface area contributed by atoms with Gasteiger partial charge in [-0.25, -0.2) is 13.8 Å². The lowest BCUT2D eigenvalue weighted by Crippen LogP contribution is -2.36. The summed E-state index contributed by atoms with van der Waals surface area (Å²) in [7, 11) is 3.13. The summed E-state index contributed by atoms with van der Waals surface area (Å²) in [5, 5.41) is 11.4. The number of anilines is 1. The zero-order valence-electron chi connectivity index (χ0n) is 20.0. The van der Waals surface area contributed by atoms with Gasteiger partial charge in [0.15, 0.2) is 0 Å². The largest absolute Gasteiger partial charge is 0.507 e. The van der Waals surface area contributed by atoms with Gasteiger partial charge < -0.3 is 20.3 Å². The molecule has 8 nitrogen and oxygen atoms in total. The first-order valence-corrected chi connectivity index (χ1v) is 11.6. The number of nitrogens with two attached hydrogens (primary N) is 1. The number of aromatic nitrogens is 3. The number of rotatable bonds is 7. The van der Waals surface area contributed by atoms with Gasteiger partial charge in [-0.3, -0.25) is 9.36 Å². The van der Waals surface area contributed by atoms with E-state index in [2.05, 4.69) is 12.4 Å². The van der Waals surface area contributed by atoms with Crippen molar-refractivity contribution in [1.82, 2.24) is 13.7 Å². The molecule has 4 rings (SSSR count). The molecule has 0 spiro atoms. The van der Waals surface area contributed by atoms with Crippen molar-refractivity contribution < 1.29 is 9.50 Å². The second kappa shape index (κ2) is 9.93. The molecular weight excluding hydrogens is 485 g/mol. The molecule has 0 radical (unpaired) electrons. The molecule has 0 fully saturated rings. The van der Waals surface area contributed by atoms with Crippen LogP contribution in [0.15, 0.2) is 52.2 Å². The van der Waals surface area contributed by atoms with Crippen molar-refractivity contribution in [2.24, 2.45) is 19.8 Å². The molecular formula is C26H25ClFN5O3. The molecule has 0 saturated carbocycles. The first-order chi connectivity index (χ1) is 17.2. The number of benzene rings is 2. The molecule has 0 aliphatic heterocycles. The summed E-state index contributed by atoms with van der Waals surface area (Å²) in [6, 6.07) is 8.75. The maximum atomic E-state index is 14.8. The summed E-state index contributed by atoms with van der Waals surface area (Å²) < 4.78 is 18.6. The van der Waals surface area contributed by atoms with E-state index >= 15 is 0 Å². The highest BCUT2D eigenvalue weighted by Gasteiger charge is 2.19. The van der Waals surface area contributed by atoms with Gasteiger partial charge in [0, 0.05) is 55.9 Å². The molecule has 2 aromatic carbocycles. The molecule has 186 valence electrons. The molecule has 10 heteroatoms. The third-order valence-electron chi connectivity index (χ3n) is 5.91. The summed E-state index contributed by atoms with van der Waals surface area (Å²) in [4.78, 5) is 26.7. The molecule has 0 unspecified atom stereocenters. The minimum atomic E-state index is -0.583. The Kier molecular flexibility index (Phi) is 6.93. The highest BCUT2D eigenvalue weighted by Crippen LogP contribution is 2.40. The number of hydrogen-bond donors (Lipinski definition) is 2. The monoisotopic (exact) mass is 509 g/mol. The lowest BCUT2D eigenvalue weighted by Gasteiger charge is -2.23. The van der Waals surface area contributed by atoms with Crippen LogP contribution in [0.3, 0.4) is 0 Å². The van der Waals surface area contributed by atoms with Gasteiger partial charge in [0.25, 0.3) is 5.56 Å². The third-order valence-corrected chi connectivity index (χ3v) is 6.21. The van der Waals surface area contributed by atoms with E-state index in [0.717, 1.165) is 6.42 Å². The first kappa shape index (κ1) is 25.1. The molecule has 0 amide bonds. The third kappa shape index (κ3) is 4.49. The van der Waals surface area contributed by atoms with Gasteiger partial charge in [-0.05, 0) is 42.3 Å². The predicted molar refractivity (Wildman–Crippen MR) is 138 cm³/mol. The van der Waals surface area contributed by atoms with Crippen LogP contribution in [-0.4, -0.2) is 32.0 Å². The van der Waals surface area contributed by atoms with E-state index in [4.69, 9.17) is 17.3 Å². The average molecular weight is 510 g/mol. The molecule has 0 aliphatic rings. The highest BCUT2D eigenvalue weighted by atomic mass is 35.5. The number of hydrogen-bond acceptors (Lipinski definition) is 5. The Morgan fingerprint density at radius 3 is 2.36 bits per heavy atom. The Bertz CT molecular complexity index is 1560. The van der Waals surface area contributed by atoms with E-state index in [1.807, 2.05) is 6.92 Å². The molecule has 3 N–H and O–H groups in total. The van der Waals surface area contributed by atoms with Crippen LogP contribution >= 0.6 is 11.6 Å². The van der Waals surface area contributed by atoms with Crippen LogP contribution in [0.4, 0.5) is 10.1 Å². The predicted octanol–water partition coefficient (Wildman–Crippen LogP) is 3.44. The standard InChI is InChI=1S/C26H25ClFN5O3/c1-4-7-32(15-29)23-11-17(14-31(3)25(23)35)20-13-18(28)12-19(24(20)34)16-5-6-22(21(27)10-16)33-9-8-30(2)26(33)36/h5-6,10-14,34H,4,7,15,29H2,1-3H3. The van der Waals surface area contributed by atoms with Gasteiger partial charge in [0.2, 0.25) is 0 Å². The summed E-state index contributed by atoms with van der Waals surface area (Å²) in [6.45, 7) is 2.68. The molecule has 0 aliphatic carbocycles. The maximum absolute atomic E-state index is 14.8. The number of aryl methyl sites for hydroxylation is 1. The number of phenols is 1. The molecule has 2 heterocycles. The van der Waals surface area contributed by atoms with Crippen molar-refractivity contribution >= 4 is 17.3 Å². The van der Waals surface area contributed by atoms with Gasteiger partial charge in [-0.2, -0.15) is 0 Å². The van der Waals surface area contributed by atoms with Crippen LogP contribution in [0.25, 0.3) is 27.9 Å². The van der Waals surface area contributed by atoms with E-state index in [1.165, 1.54) is 38.1 Å². The van der Waals surface area contributed by atoms with Crippen LogP contribution in [0.1, 0.15) is 13.3 Å². The lowest BCUT2D eigenvalue weighted by molar-refractivity contribution is 0.477. The Balaban J connectivity index is 1.84. The maximum Gasteiger partial charge on any atom is 0.347 e. The van der Waals surface area contributed by atoms with Gasteiger partial charge in [-0.15, -0.1) is 0 Å². The number of halogens is 2. The zero-order valence-corrected chi connectivity index (χ0v) is 20.8. The fourth-order valence-electron chi connectivity index (χ4n) is 4.08. The smallest absolute Gasteiger partial charge is 0.347 e. The minimum absolute atomic E-state index is 0.136. The van der Waals surface area contributed by atoms with Gasteiger partial charge in [-0.1, -0.05) is 24.6 Å². The Hall–Kier alpha value is -4.00. The molecule has 0 atom stereocenters. The molecule has 4 aromatic rings. The van der Waals surface area contributed by atoms with Crippen LogP contribution in [0.2, 0.25) is 5.02 Å². The Morgan fingerprint density at radius 1 is 1.08 bits per heavy atom. The van der Waals surface area contributed by atoms with E-state index in [9.17, 15) is 19.1 Å². The normalized spacial score (nSPS) is 10.9. The topological polar surface area (TPSA) is 98.4 Å². The molecule has 0 bridgehead atoms. The summed E-state index contributed by atoms with van der Waals surface area (Å²) >= 11 is 6.45. The van der Waals surface area contributed by atoms with Crippen LogP contribution in [-0.2, 0) is 14.1 Å². The minimum Gasteiger partial charge on any atom is -0.507 e. The quantitative estimate of drug-likeness (QED) is 0.372. The van der Waals surface area contributed by atoms with Crippen LogP contribution in [0.5, 0.6) is 5.75 Å². The fraction of sp³-hybridized carbons (Fsp3) is 0.231. The summed E-state index contributed by atoms with van der Waals surface area (Å²) in [6.07, 6.45) is 7.65. The van der Waals surface area contributed by atoms with E-state index < -0.39 is 5.82 Å². The van der Waals surface area contributed by atoms with Gasteiger partial charge in [0.05, 0.1) is 17.4 Å².